The van der Waals surface area contributed by atoms with Gasteiger partial charge in [-0.05, 0) is 87.4 Å². The van der Waals surface area contributed by atoms with E-state index in [2.05, 4.69) is 62.0 Å². The number of thiophene rings is 1. The van der Waals surface area contributed by atoms with Crippen molar-refractivity contribution in [2.75, 3.05) is 31.7 Å². The lowest BCUT2D eigenvalue weighted by Gasteiger charge is -2.33. The van der Waals surface area contributed by atoms with Crippen molar-refractivity contribution in [3.63, 3.8) is 0 Å². The Morgan fingerprint density at radius 3 is 2.49 bits per heavy atom. The maximum atomic E-state index is 13.0. The molecule has 2 aromatic carbocycles. The first-order valence-corrected chi connectivity index (χ1v) is 19.2. The molecule has 0 spiro atoms. The molecule has 1 aliphatic rings. The number of nitriles is 1. The van der Waals surface area contributed by atoms with Gasteiger partial charge in [0.25, 0.3) is 0 Å². The molecule has 5 aromatic rings. The molecule has 0 radical (unpaired) electrons. The molecule has 7 nitrogen and oxygen atoms in total. The minimum atomic E-state index is -4.26. The van der Waals surface area contributed by atoms with Crippen LogP contribution in [0.1, 0.15) is 45.7 Å². The maximum Gasteiger partial charge on any atom is 0.393 e. The predicted molar refractivity (Wildman–Crippen MR) is 184 cm³/mol. The van der Waals surface area contributed by atoms with Crippen LogP contribution in [0, 0.1) is 25.2 Å². The number of hydrogen-bond donors (Lipinski definition) is 1. The lowest BCUT2D eigenvalue weighted by Crippen LogP contribution is -2.39. The first kappa shape index (κ1) is 33.2. The molecule has 1 N–H and O–H groups in total. The molecule has 0 amide bonds. The number of nitrogens with zero attached hydrogens (tertiary/aromatic N) is 5. The SMILES string of the molecule is Cc1ccc(CCn2c(C#N)cc3c(C)c(CN4CCC(Nc5ncnc6sc(CC(F)(F)F)cc56)CC4)ccc32)c(P(C)(C)=O)c1. The van der Waals surface area contributed by atoms with Gasteiger partial charge in [0.15, 0.2) is 0 Å². The Hall–Kier alpha value is -3.71. The van der Waals surface area contributed by atoms with Crippen LogP contribution < -0.4 is 10.6 Å². The average molecular weight is 679 g/mol. The lowest BCUT2D eigenvalue weighted by atomic mass is 10.0. The molecule has 1 fully saturated rings. The summed E-state index contributed by atoms with van der Waals surface area (Å²) >= 11 is 1.06. The third-order valence-electron chi connectivity index (χ3n) is 9.08. The topological polar surface area (TPSA) is 86.8 Å². The summed E-state index contributed by atoms with van der Waals surface area (Å²) in [6, 6.07) is 16.5. The van der Waals surface area contributed by atoms with E-state index >= 15 is 0 Å². The number of anilines is 1. The molecule has 0 atom stereocenters. The number of hydrogen-bond acceptors (Lipinski definition) is 7. The Morgan fingerprint density at radius 1 is 1.04 bits per heavy atom. The molecule has 0 saturated carbocycles. The highest BCUT2D eigenvalue weighted by molar-refractivity contribution is 7.70. The smallest absolute Gasteiger partial charge is 0.367 e. The maximum absolute atomic E-state index is 13.0. The zero-order chi connectivity index (χ0) is 33.5. The van der Waals surface area contributed by atoms with Crippen LogP contribution in [-0.4, -0.2) is 58.1 Å². The molecule has 4 heterocycles. The van der Waals surface area contributed by atoms with Crippen molar-refractivity contribution in [2.45, 2.75) is 64.8 Å². The van der Waals surface area contributed by atoms with Crippen molar-refractivity contribution < 1.29 is 17.7 Å². The zero-order valence-electron chi connectivity index (χ0n) is 27.0. The highest BCUT2D eigenvalue weighted by atomic mass is 32.1. The highest BCUT2D eigenvalue weighted by Crippen LogP contribution is 2.37. The number of rotatable bonds is 9. The Morgan fingerprint density at radius 2 is 1.79 bits per heavy atom. The summed E-state index contributed by atoms with van der Waals surface area (Å²) in [5.41, 5.74) is 6.18. The molecule has 12 heteroatoms. The van der Waals surface area contributed by atoms with E-state index < -0.39 is 19.7 Å². The number of aromatic nitrogens is 3. The molecule has 3 aromatic heterocycles. The van der Waals surface area contributed by atoms with Gasteiger partial charge in [0, 0.05) is 53.3 Å². The van der Waals surface area contributed by atoms with Gasteiger partial charge in [-0.3, -0.25) is 4.90 Å². The second-order valence-corrected chi connectivity index (χ2v) is 17.2. The normalized spacial score (nSPS) is 15.0. The fourth-order valence-corrected chi connectivity index (χ4v) is 9.04. The van der Waals surface area contributed by atoms with Crippen molar-refractivity contribution in [1.82, 2.24) is 19.4 Å². The number of piperidine rings is 1. The van der Waals surface area contributed by atoms with E-state index in [1.807, 2.05) is 19.1 Å². The van der Waals surface area contributed by atoms with E-state index in [-0.39, 0.29) is 10.9 Å². The van der Waals surface area contributed by atoms with Crippen LogP contribution in [0.2, 0.25) is 0 Å². The minimum Gasteiger partial charge on any atom is -0.367 e. The molecule has 0 bridgehead atoms. The van der Waals surface area contributed by atoms with E-state index in [0.717, 1.165) is 76.7 Å². The van der Waals surface area contributed by atoms with Gasteiger partial charge < -0.3 is 14.4 Å². The zero-order valence-corrected chi connectivity index (χ0v) is 28.7. The Balaban J connectivity index is 1.12. The van der Waals surface area contributed by atoms with Crippen molar-refractivity contribution in [3.05, 3.63) is 81.6 Å². The molecular formula is C35H38F3N6OPS. The number of benzene rings is 2. The van der Waals surface area contributed by atoms with Gasteiger partial charge >= 0.3 is 6.18 Å². The Bertz CT molecular complexity index is 2030. The molecule has 246 valence electrons. The van der Waals surface area contributed by atoms with Crippen molar-refractivity contribution in [2.24, 2.45) is 0 Å². The fraction of sp³-hybridized carbons (Fsp3) is 0.400. The molecule has 1 saturated heterocycles. The average Bonchev–Trinajstić information content (AvgIpc) is 3.58. The van der Waals surface area contributed by atoms with E-state index in [0.29, 0.717) is 34.7 Å². The van der Waals surface area contributed by atoms with Crippen LogP contribution in [0.25, 0.3) is 21.1 Å². The summed E-state index contributed by atoms with van der Waals surface area (Å²) in [6.07, 6.45) is -1.37. The number of nitrogens with one attached hydrogen (secondary N) is 1. The summed E-state index contributed by atoms with van der Waals surface area (Å²) < 4.78 is 53.9. The Kier molecular flexibility index (Phi) is 9.23. The van der Waals surface area contributed by atoms with Crippen LogP contribution in [0.5, 0.6) is 0 Å². The second kappa shape index (κ2) is 13.1. The van der Waals surface area contributed by atoms with Crippen LogP contribution in [0.3, 0.4) is 0 Å². The molecule has 6 rings (SSSR count). The van der Waals surface area contributed by atoms with E-state index in [1.54, 1.807) is 19.4 Å². The van der Waals surface area contributed by atoms with Crippen molar-refractivity contribution in [3.8, 4) is 6.07 Å². The standard InChI is InChI=1S/C35H38F3N6OPS/c1-22-5-6-24(32(15-22)46(3,4)45)9-14-44-27(19-39)16-29-23(2)25(7-8-31(29)44)20-43-12-10-26(11-13-43)42-33-30-17-28(18-35(36,37)38)47-34(30)41-21-40-33/h5-8,15-17,21,26H,9-14,18,20H2,1-4H3,(H,40,41,42). The van der Waals surface area contributed by atoms with E-state index in [9.17, 15) is 23.0 Å². The number of likely N-dealkylation sites (tertiary alicyclic amines) is 1. The minimum absolute atomic E-state index is 0.162. The predicted octanol–water partition coefficient (Wildman–Crippen LogP) is 7.81. The van der Waals surface area contributed by atoms with Gasteiger partial charge in [0.1, 0.15) is 35.9 Å². The van der Waals surface area contributed by atoms with Gasteiger partial charge in [-0.15, -0.1) is 11.3 Å². The number of alkyl halides is 3. The summed E-state index contributed by atoms with van der Waals surface area (Å²) in [6.45, 7) is 10.9. The molecule has 0 aliphatic carbocycles. The highest BCUT2D eigenvalue weighted by Gasteiger charge is 2.29. The van der Waals surface area contributed by atoms with Gasteiger partial charge in [-0.1, -0.05) is 23.8 Å². The summed E-state index contributed by atoms with van der Waals surface area (Å²) in [5, 5.41) is 16.1. The molecule has 0 unspecified atom stereocenters. The number of fused-ring (bicyclic) bond motifs is 2. The first-order chi connectivity index (χ1) is 22.3. The fourth-order valence-electron chi connectivity index (χ4n) is 6.62. The third kappa shape index (κ3) is 7.40. The molecule has 1 aliphatic heterocycles. The number of aryl methyl sites for hydroxylation is 4. The van der Waals surface area contributed by atoms with Gasteiger partial charge in [0.2, 0.25) is 0 Å². The van der Waals surface area contributed by atoms with Crippen LogP contribution in [-0.2, 0) is 30.5 Å². The van der Waals surface area contributed by atoms with E-state index in [1.165, 1.54) is 11.9 Å². The lowest BCUT2D eigenvalue weighted by molar-refractivity contribution is -0.126. The van der Waals surface area contributed by atoms with Crippen LogP contribution in [0.4, 0.5) is 19.0 Å². The van der Waals surface area contributed by atoms with Crippen LogP contribution in [0.15, 0.2) is 48.8 Å². The first-order valence-electron chi connectivity index (χ1n) is 15.7. The van der Waals surface area contributed by atoms with Gasteiger partial charge in [0.05, 0.1) is 11.8 Å². The van der Waals surface area contributed by atoms with E-state index in [4.69, 9.17) is 0 Å². The largest absolute Gasteiger partial charge is 0.393 e. The summed E-state index contributed by atoms with van der Waals surface area (Å²) in [7, 11) is -2.45. The third-order valence-corrected chi connectivity index (χ3v) is 11.7. The monoisotopic (exact) mass is 678 g/mol. The Labute approximate surface area is 276 Å². The van der Waals surface area contributed by atoms with Crippen molar-refractivity contribution >= 4 is 50.7 Å². The van der Waals surface area contributed by atoms with Gasteiger partial charge in [-0.25, -0.2) is 9.97 Å². The summed E-state index contributed by atoms with van der Waals surface area (Å²) in [5.74, 6) is 0.592. The van der Waals surface area contributed by atoms with Crippen LogP contribution >= 0.6 is 18.5 Å². The second-order valence-electron chi connectivity index (χ2n) is 12.9. The molecular weight excluding hydrogens is 640 g/mol. The van der Waals surface area contributed by atoms with Gasteiger partial charge in [-0.2, -0.15) is 18.4 Å². The summed E-state index contributed by atoms with van der Waals surface area (Å²) in [4.78, 5) is 11.8. The van der Waals surface area contributed by atoms with Crippen molar-refractivity contribution in [1.29, 1.82) is 5.26 Å². The molecule has 47 heavy (non-hydrogen) atoms. The quantitative estimate of drug-likeness (QED) is 0.160. The number of halogens is 3.